The molecular weight excluding hydrogens is 246 g/mol. The van der Waals surface area contributed by atoms with Gasteiger partial charge < -0.3 is 10.1 Å². The number of thioether (sulfide) groups is 1. The van der Waals surface area contributed by atoms with E-state index in [-0.39, 0.29) is 5.91 Å². The average Bonchev–Trinajstić information content (AvgIpc) is 2.26. The topological polar surface area (TPSA) is 38.3 Å². The first-order valence-electron chi connectivity index (χ1n) is 4.79. The third-order valence-electron chi connectivity index (χ3n) is 1.97. The Balaban J connectivity index is 2.61. The van der Waals surface area contributed by atoms with Gasteiger partial charge in [-0.1, -0.05) is 11.6 Å². The molecule has 1 aromatic carbocycles. The summed E-state index contributed by atoms with van der Waals surface area (Å²) in [6.45, 7) is 0.419. The van der Waals surface area contributed by atoms with Crippen LogP contribution in [0.3, 0.4) is 0 Å². The summed E-state index contributed by atoms with van der Waals surface area (Å²) >= 11 is 7.59. The van der Waals surface area contributed by atoms with Crippen molar-refractivity contribution in [3.8, 4) is 0 Å². The van der Waals surface area contributed by atoms with Crippen molar-refractivity contribution in [1.29, 1.82) is 0 Å². The Bertz CT molecular complexity index is 371. The molecule has 0 bridgehead atoms. The smallest absolute Gasteiger partial charge is 0.226 e. The van der Waals surface area contributed by atoms with E-state index in [2.05, 4.69) is 5.32 Å². The normalized spacial score (nSPS) is 10.2. The van der Waals surface area contributed by atoms with Gasteiger partial charge in [0.15, 0.2) is 0 Å². The van der Waals surface area contributed by atoms with Crippen LogP contribution in [0.2, 0.25) is 5.02 Å². The largest absolute Gasteiger partial charge is 0.384 e. The highest BCUT2D eigenvalue weighted by Gasteiger charge is 2.04. The minimum Gasteiger partial charge on any atom is -0.384 e. The minimum atomic E-state index is -0.0742. The zero-order chi connectivity index (χ0) is 12.0. The maximum atomic E-state index is 11.4. The van der Waals surface area contributed by atoms with Gasteiger partial charge in [0.25, 0.3) is 0 Å². The predicted molar refractivity (Wildman–Crippen MR) is 68.4 cm³/mol. The summed E-state index contributed by atoms with van der Waals surface area (Å²) in [7, 11) is 1.57. The number of benzene rings is 1. The van der Waals surface area contributed by atoms with E-state index < -0.39 is 0 Å². The highest BCUT2D eigenvalue weighted by molar-refractivity contribution is 7.98. The van der Waals surface area contributed by atoms with Gasteiger partial charge in [0, 0.05) is 17.7 Å². The number of rotatable bonds is 5. The van der Waals surface area contributed by atoms with Crippen molar-refractivity contribution < 1.29 is 9.53 Å². The number of halogens is 1. The van der Waals surface area contributed by atoms with Gasteiger partial charge in [0.05, 0.1) is 18.1 Å². The van der Waals surface area contributed by atoms with Crippen LogP contribution in [0.5, 0.6) is 0 Å². The first-order valence-corrected chi connectivity index (χ1v) is 6.40. The summed E-state index contributed by atoms with van der Waals surface area (Å²) in [5.74, 6) is -0.0742. The van der Waals surface area contributed by atoms with Gasteiger partial charge in [0.2, 0.25) is 5.91 Å². The lowest BCUT2D eigenvalue weighted by atomic mass is 10.3. The van der Waals surface area contributed by atoms with Gasteiger partial charge in [-0.15, -0.1) is 11.8 Å². The number of nitrogens with one attached hydrogen (secondary N) is 1. The second-order valence-corrected chi connectivity index (χ2v) is 4.40. The lowest BCUT2D eigenvalue weighted by Gasteiger charge is -2.07. The first kappa shape index (κ1) is 13.4. The summed E-state index contributed by atoms with van der Waals surface area (Å²) in [5, 5.41) is 3.41. The van der Waals surface area contributed by atoms with E-state index in [1.807, 2.05) is 18.4 Å². The SMILES string of the molecule is COCCC(=O)Nc1ccc(SC)c(Cl)c1. The molecule has 3 nitrogen and oxygen atoms in total. The molecule has 0 atom stereocenters. The highest BCUT2D eigenvalue weighted by Crippen LogP contribution is 2.27. The Labute approximate surface area is 105 Å². The fourth-order valence-electron chi connectivity index (χ4n) is 1.16. The predicted octanol–water partition coefficient (Wildman–Crippen LogP) is 3.04. The van der Waals surface area contributed by atoms with Crippen molar-refractivity contribution >= 4 is 35.0 Å². The third kappa shape index (κ3) is 4.04. The Kier molecular flexibility index (Phi) is 5.66. The number of hydrogen-bond acceptors (Lipinski definition) is 3. The molecule has 16 heavy (non-hydrogen) atoms. The van der Waals surface area contributed by atoms with Crippen molar-refractivity contribution in [2.45, 2.75) is 11.3 Å². The molecule has 0 aliphatic carbocycles. The zero-order valence-corrected chi connectivity index (χ0v) is 10.8. The molecule has 0 aliphatic heterocycles. The molecule has 88 valence electrons. The van der Waals surface area contributed by atoms with Crippen LogP contribution in [-0.4, -0.2) is 25.9 Å². The number of carbonyl (C=O) groups is 1. The van der Waals surface area contributed by atoms with Gasteiger partial charge in [-0.05, 0) is 24.5 Å². The number of methoxy groups -OCH3 is 1. The fourth-order valence-corrected chi connectivity index (χ4v) is 2.03. The standard InChI is InChI=1S/C11H14ClNO2S/c1-15-6-5-11(14)13-8-3-4-10(16-2)9(12)7-8/h3-4,7H,5-6H2,1-2H3,(H,13,14). The Hall–Kier alpha value is -0.710. The minimum absolute atomic E-state index is 0.0742. The van der Waals surface area contributed by atoms with E-state index in [0.717, 1.165) is 4.90 Å². The summed E-state index contributed by atoms with van der Waals surface area (Å²) in [4.78, 5) is 12.4. The van der Waals surface area contributed by atoms with Crippen molar-refractivity contribution in [2.24, 2.45) is 0 Å². The lowest BCUT2D eigenvalue weighted by Crippen LogP contribution is -2.13. The van der Waals surface area contributed by atoms with Crippen LogP contribution in [0.25, 0.3) is 0 Å². The number of ether oxygens (including phenoxy) is 1. The van der Waals surface area contributed by atoms with Crippen LogP contribution in [-0.2, 0) is 9.53 Å². The summed E-state index contributed by atoms with van der Waals surface area (Å²) in [6.07, 6.45) is 2.30. The molecule has 0 aliphatic rings. The Morgan fingerprint density at radius 3 is 2.88 bits per heavy atom. The van der Waals surface area contributed by atoms with E-state index >= 15 is 0 Å². The maximum absolute atomic E-state index is 11.4. The molecule has 1 amide bonds. The van der Waals surface area contributed by atoms with E-state index in [4.69, 9.17) is 16.3 Å². The monoisotopic (exact) mass is 259 g/mol. The van der Waals surface area contributed by atoms with Crippen molar-refractivity contribution in [2.75, 3.05) is 25.3 Å². The molecule has 1 aromatic rings. The van der Waals surface area contributed by atoms with Gasteiger partial charge in [-0.2, -0.15) is 0 Å². The number of hydrogen-bond donors (Lipinski definition) is 1. The first-order chi connectivity index (χ1) is 7.67. The zero-order valence-electron chi connectivity index (χ0n) is 9.25. The lowest BCUT2D eigenvalue weighted by molar-refractivity contribution is -0.117. The van der Waals surface area contributed by atoms with Gasteiger partial charge in [-0.3, -0.25) is 4.79 Å². The van der Waals surface area contributed by atoms with Crippen molar-refractivity contribution in [3.63, 3.8) is 0 Å². The fraction of sp³-hybridized carbons (Fsp3) is 0.364. The van der Waals surface area contributed by atoms with E-state index in [1.54, 1.807) is 24.9 Å². The Morgan fingerprint density at radius 2 is 2.31 bits per heavy atom. The molecule has 0 fully saturated rings. The molecule has 0 unspecified atom stereocenters. The second kappa shape index (κ2) is 6.78. The number of amides is 1. The van der Waals surface area contributed by atoms with Crippen LogP contribution in [0.15, 0.2) is 23.1 Å². The van der Waals surface area contributed by atoms with Gasteiger partial charge >= 0.3 is 0 Å². The van der Waals surface area contributed by atoms with E-state index in [0.29, 0.717) is 23.7 Å². The molecule has 0 heterocycles. The number of carbonyl (C=O) groups excluding carboxylic acids is 1. The molecule has 0 spiro atoms. The molecule has 0 radical (unpaired) electrons. The molecule has 1 rings (SSSR count). The summed E-state index contributed by atoms with van der Waals surface area (Å²) in [5.41, 5.74) is 0.712. The highest BCUT2D eigenvalue weighted by atomic mass is 35.5. The van der Waals surface area contributed by atoms with Gasteiger partial charge in [-0.25, -0.2) is 0 Å². The van der Waals surface area contributed by atoms with Crippen LogP contribution >= 0.6 is 23.4 Å². The number of anilines is 1. The van der Waals surface area contributed by atoms with E-state index in [9.17, 15) is 4.79 Å². The second-order valence-electron chi connectivity index (χ2n) is 3.14. The maximum Gasteiger partial charge on any atom is 0.226 e. The third-order valence-corrected chi connectivity index (χ3v) is 3.19. The molecule has 0 saturated heterocycles. The van der Waals surface area contributed by atoms with E-state index in [1.165, 1.54) is 0 Å². The summed E-state index contributed by atoms with van der Waals surface area (Å²) in [6, 6.07) is 5.47. The molecular formula is C11H14ClNO2S. The molecule has 0 aromatic heterocycles. The van der Waals surface area contributed by atoms with Gasteiger partial charge in [0.1, 0.15) is 0 Å². The van der Waals surface area contributed by atoms with Crippen LogP contribution in [0, 0.1) is 0 Å². The van der Waals surface area contributed by atoms with Crippen LogP contribution < -0.4 is 5.32 Å². The van der Waals surface area contributed by atoms with Crippen molar-refractivity contribution in [3.05, 3.63) is 23.2 Å². The average molecular weight is 260 g/mol. The molecule has 0 saturated carbocycles. The Morgan fingerprint density at radius 1 is 1.56 bits per heavy atom. The van der Waals surface area contributed by atoms with Crippen LogP contribution in [0.1, 0.15) is 6.42 Å². The van der Waals surface area contributed by atoms with Crippen molar-refractivity contribution in [1.82, 2.24) is 0 Å². The summed E-state index contributed by atoms with van der Waals surface area (Å²) < 4.78 is 4.82. The molecule has 5 heteroatoms. The van der Waals surface area contributed by atoms with Crippen LogP contribution in [0.4, 0.5) is 5.69 Å². The quantitative estimate of drug-likeness (QED) is 0.826. The molecule has 1 N–H and O–H groups in total.